The van der Waals surface area contributed by atoms with Crippen LogP contribution in [0, 0.1) is 5.82 Å². The molecular weight excluding hydrogens is 325 g/mol. The number of H-pyrrole nitrogens is 1. The molecule has 0 spiro atoms. The van der Waals surface area contributed by atoms with E-state index < -0.39 is 0 Å². The number of hydrogen-bond donors (Lipinski definition) is 4. The van der Waals surface area contributed by atoms with Gasteiger partial charge in [-0.25, -0.2) is 14.2 Å². The van der Waals surface area contributed by atoms with Gasteiger partial charge in [0.05, 0.1) is 22.6 Å². The summed E-state index contributed by atoms with van der Waals surface area (Å²) in [5, 5.41) is 8.11. The molecule has 0 bridgehead atoms. The summed E-state index contributed by atoms with van der Waals surface area (Å²) < 4.78 is 13.2. The number of rotatable bonds is 5. The fourth-order valence-corrected chi connectivity index (χ4v) is 2.94. The van der Waals surface area contributed by atoms with Crippen molar-refractivity contribution in [3.05, 3.63) is 41.1 Å². The number of nitrogens with zero attached hydrogens (tertiary/aromatic N) is 1. The van der Waals surface area contributed by atoms with Gasteiger partial charge in [-0.1, -0.05) is 0 Å². The van der Waals surface area contributed by atoms with E-state index in [1.807, 2.05) is 0 Å². The van der Waals surface area contributed by atoms with Gasteiger partial charge in [0.15, 0.2) is 0 Å². The molecule has 1 aromatic carbocycles. The van der Waals surface area contributed by atoms with Crippen molar-refractivity contribution in [2.45, 2.75) is 32.7 Å². The first-order valence-electron chi connectivity index (χ1n) is 8.14. The highest BCUT2D eigenvalue weighted by atomic mass is 19.1. The predicted molar refractivity (Wildman–Crippen MR) is 91.2 cm³/mol. The summed E-state index contributed by atoms with van der Waals surface area (Å²) in [5.74, 6) is 0.246. The summed E-state index contributed by atoms with van der Waals surface area (Å²) in [7, 11) is 0. The molecule has 0 radical (unpaired) electrons. The molecule has 1 atom stereocenters. The van der Waals surface area contributed by atoms with Gasteiger partial charge >= 0.3 is 6.03 Å². The molecule has 0 aliphatic carbocycles. The van der Waals surface area contributed by atoms with Crippen LogP contribution >= 0.6 is 0 Å². The third-order valence-corrected chi connectivity index (χ3v) is 4.10. The van der Waals surface area contributed by atoms with Gasteiger partial charge in [0.25, 0.3) is 5.91 Å². The maximum Gasteiger partial charge on any atom is 0.319 e. The van der Waals surface area contributed by atoms with Crippen molar-refractivity contribution in [3.8, 4) is 0 Å². The molecule has 1 aromatic heterocycles. The number of carbonyl (C=O) groups is 2. The van der Waals surface area contributed by atoms with Crippen LogP contribution in [0.1, 0.15) is 26.1 Å². The van der Waals surface area contributed by atoms with Gasteiger partial charge in [-0.3, -0.25) is 4.79 Å². The Morgan fingerprint density at radius 3 is 2.96 bits per heavy atom. The van der Waals surface area contributed by atoms with E-state index in [1.165, 1.54) is 12.1 Å². The average Bonchev–Trinajstić information content (AvgIpc) is 2.92. The van der Waals surface area contributed by atoms with Gasteiger partial charge in [-0.15, -0.1) is 0 Å². The summed E-state index contributed by atoms with van der Waals surface area (Å²) >= 11 is 0. The Hall–Kier alpha value is -2.90. The van der Waals surface area contributed by atoms with E-state index in [0.717, 1.165) is 11.3 Å². The number of aryl methyl sites for hydroxylation is 1. The fourth-order valence-electron chi connectivity index (χ4n) is 2.94. The molecule has 25 heavy (non-hydrogen) atoms. The Morgan fingerprint density at radius 2 is 2.20 bits per heavy atom. The average molecular weight is 345 g/mol. The van der Waals surface area contributed by atoms with E-state index in [-0.39, 0.29) is 23.8 Å². The summed E-state index contributed by atoms with van der Waals surface area (Å²) in [4.78, 5) is 31.1. The zero-order chi connectivity index (χ0) is 18.0. The molecule has 3 rings (SSSR count). The second-order valence-corrected chi connectivity index (χ2v) is 6.06. The van der Waals surface area contributed by atoms with Crippen LogP contribution in [-0.2, 0) is 11.2 Å². The Labute approximate surface area is 144 Å². The van der Waals surface area contributed by atoms with Crippen LogP contribution in [0.15, 0.2) is 29.5 Å². The Kier molecular flexibility index (Phi) is 4.69. The first-order chi connectivity index (χ1) is 11.9. The molecule has 8 heteroatoms. The summed E-state index contributed by atoms with van der Waals surface area (Å²) in [6.45, 7) is 3.95. The molecule has 2 aromatic rings. The number of hydrogen-bond acceptors (Lipinski definition) is 3. The number of aromatic nitrogens is 2. The van der Waals surface area contributed by atoms with E-state index in [9.17, 15) is 14.0 Å². The minimum atomic E-state index is -0.334. The smallest absolute Gasteiger partial charge is 0.319 e. The van der Waals surface area contributed by atoms with Crippen molar-refractivity contribution in [2.24, 2.45) is 0 Å². The number of fused-ring (bicyclic) bond motifs is 1. The van der Waals surface area contributed by atoms with E-state index in [1.54, 1.807) is 19.9 Å². The molecule has 2 heterocycles. The number of benzene rings is 1. The van der Waals surface area contributed by atoms with Gasteiger partial charge in [0.2, 0.25) is 0 Å². The Morgan fingerprint density at radius 1 is 1.40 bits per heavy atom. The normalized spacial score (nSPS) is 17.4. The highest BCUT2D eigenvalue weighted by molar-refractivity contribution is 5.98. The predicted octanol–water partition coefficient (Wildman–Crippen LogP) is 1.73. The van der Waals surface area contributed by atoms with E-state index in [2.05, 4.69) is 25.9 Å². The lowest BCUT2D eigenvalue weighted by Crippen LogP contribution is -2.50. The lowest BCUT2D eigenvalue weighted by Gasteiger charge is -2.25. The molecule has 3 amide bonds. The number of nitrogens with one attached hydrogen (secondary N) is 4. The highest BCUT2D eigenvalue weighted by Gasteiger charge is 2.26. The van der Waals surface area contributed by atoms with Gasteiger partial charge in [0, 0.05) is 18.7 Å². The van der Waals surface area contributed by atoms with Crippen LogP contribution in [0.2, 0.25) is 0 Å². The maximum absolute atomic E-state index is 13.2. The van der Waals surface area contributed by atoms with Crippen LogP contribution < -0.4 is 16.0 Å². The highest BCUT2D eigenvalue weighted by Crippen LogP contribution is 2.14. The molecule has 7 nitrogen and oxygen atoms in total. The number of urea groups is 1. The van der Waals surface area contributed by atoms with Crippen molar-refractivity contribution >= 4 is 23.0 Å². The van der Waals surface area contributed by atoms with E-state index in [0.29, 0.717) is 36.2 Å². The van der Waals surface area contributed by atoms with Crippen LogP contribution in [0.25, 0.3) is 11.0 Å². The summed E-state index contributed by atoms with van der Waals surface area (Å²) in [6.07, 6.45) is 1.33. The number of halogens is 1. The first kappa shape index (κ1) is 16.9. The lowest BCUT2D eigenvalue weighted by molar-refractivity contribution is -0.117. The van der Waals surface area contributed by atoms with Crippen LogP contribution in [0.5, 0.6) is 0 Å². The molecule has 1 aliphatic rings. The van der Waals surface area contributed by atoms with Crippen molar-refractivity contribution in [3.63, 3.8) is 0 Å². The standard InChI is InChI=1S/C17H20FN5O2/c1-9-15(10(2)21-17(25)20-9)16(24)19-7-3-4-14-22-12-6-5-11(18)8-13(12)23-14/h5-6,8-9H,3-4,7H2,1-2H3,(H,19,24)(H,22,23)(H2,20,21,25)/t9-/m1/s1. The van der Waals surface area contributed by atoms with E-state index >= 15 is 0 Å². The van der Waals surface area contributed by atoms with Crippen LogP contribution in [0.3, 0.4) is 0 Å². The second kappa shape index (κ2) is 6.92. The molecule has 0 fully saturated rings. The van der Waals surface area contributed by atoms with Gasteiger partial charge in [-0.05, 0) is 38.5 Å². The first-order valence-corrected chi connectivity index (χ1v) is 8.14. The zero-order valence-electron chi connectivity index (χ0n) is 14.1. The van der Waals surface area contributed by atoms with Gasteiger partial charge in [-0.2, -0.15) is 0 Å². The monoisotopic (exact) mass is 345 g/mol. The lowest BCUT2D eigenvalue weighted by atomic mass is 10.0. The van der Waals surface area contributed by atoms with Gasteiger partial charge < -0.3 is 20.9 Å². The molecule has 4 N–H and O–H groups in total. The summed E-state index contributed by atoms with van der Waals surface area (Å²) in [5.41, 5.74) is 2.48. The maximum atomic E-state index is 13.2. The number of imidazole rings is 1. The number of amides is 3. The fraction of sp³-hybridized carbons (Fsp3) is 0.353. The minimum Gasteiger partial charge on any atom is -0.352 e. The van der Waals surface area contributed by atoms with Crippen molar-refractivity contribution in [2.75, 3.05) is 6.54 Å². The quantitative estimate of drug-likeness (QED) is 0.621. The zero-order valence-corrected chi connectivity index (χ0v) is 14.1. The number of carbonyl (C=O) groups excluding carboxylic acids is 2. The van der Waals surface area contributed by atoms with E-state index in [4.69, 9.17) is 0 Å². The topological polar surface area (TPSA) is 98.9 Å². The minimum absolute atomic E-state index is 0.204. The van der Waals surface area contributed by atoms with Gasteiger partial charge in [0.1, 0.15) is 11.6 Å². The van der Waals surface area contributed by atoms with Crippen LogP contribution in [0.4, 0.5) is 9.18 Å². The SMILES string of the molecule is CC1=C(C(=O)NCCCc2nc3ccc(F)cc3[nH]2)[C@@H](C)NC(=O)N1. The Balaban J connectivity index is 1.53. The molecule has 0 saturated carbocycles. The summed E-state index contributed by atoms with van der Waals surface area (Å²) in [6, 6.07) is 3.78. The molecule has 0 saturated heterocycles. The second-order valence-electron chi connectivity index (χ2n) is 6.06. The van der Waals surface area contributed by atoms with Crippen molar-refractivity contribution in [1.82, 2.24) is 25.9 Å². The molecule has 1 aliphatic heterocycles. The van der Waals surface area contributed by atoms with Crippen molar-refractivity contribution in [1.29, 1.82) is 0 Å². The number of allylic oxidation sites excluding steroid dienone is 1. The molecule has 0 unspecified atom stereocenters. The van der Waals surface area contributed by atoms with Crippen molar-refractivity contribution < 1.29 is 14.0 Å². The number of aromatic amines is 1. The Bertz CT molecular complexity index is 858. The largest absolute Gasteiger partial charge is 0.352 e. The molecular formula is C17H20FN5O2. The molecule has 132 valence electrons. The van der Waals surface area contributed by atoms with Crippen LogP contribution in [-0.4, -0.2) is 34.5 Å². The third-order valence-electron chi connectivity index (χ3n) is 4.10. The third kappa shape index (κ3) is 3.78.